The molecule has 2 unspecified atom stereocenters. The summed E-state index contributed by atoms with van der Waals surface area (Å²) in [4.78, 5) is 35.2. The smallest absolute Gasteiger partial charge is 0.407 e. The van der Waals surface area contributed by atoms with Gasteiger partial charge < -0.3 is 19.9 Å². The van der Waals surface area contributed by atoms with Gasteiger partial charge in [0.25, 0.3) is 0 Å². The molecule has 7 nitrogen and oxygen atoms in total. The van der Waals surface area contributed by atoms with Gasteiger partial charge in [0.2, 0.25) is 5.91 Å². The molecule has 0 bridgehead atoms. The number of benzene rings is 1. The first-order valence-electron chi connectivity index (χ1n) is 11.1. The summed E-state index contributed by atoms with van der Waals surface area (Å²) in [5.41, 5.74) is 3.37. The number of methoxy groups -OCH3 is 1. The number of likely N-dealkylation sites (tertiary alicyclic amines) is 1. The Morgan fingerprint density at radius 3 is 2.67 bits per heavy atom. The third-order valence-corrected chi connectivity index (χ3v) is 6.59. The summed E-state index contributed by atoms with van der Waals surface area (Å²) in [5, 5.41) is 2.70. The van der Waals surface area contributed by atoms with Crippen LogP contribution in [0.1, 0.15) is 75.7 Å². The maximum absolute atomic E-state index is 13.3. The zero-order chi connectivity index (χ0) is 21.3. The molecule has 7 heteroatoms. The lowest BCUT2D eigenvalue weighted by Crippen LogP contribution is -2.51. The number of carbonyl (C=O) groups excluding carboxylic acids is 2. The fourth-order valence-electron chi connectivity index (χ4n) is 4.91. The topological polar surface area (TPSA) is 87.3 Å². The van der Waals surface area contributed by atoms with Crippen LogP contribution >= 0.6 is 0 Å². The number of carbonyl (C=O) groups is 2. The van der Waals surface area contributed by atoms with Crippen LogP contribution in [0.4, 0.5) is 4.79 Å². The highest BCUT2D eigenvalue weighted by molar-refractivity contribution is 5.86. The lowest BCUT2D eigenvalue weighted by atomic mass is 9.97. The minimum atomic E-state index is -0.614. The van der Waals surface area contributed by atoms with Gasteiger partial charge in [-0.05, 0) is 55.2 Å². The van der Waals surface area contributed by atoms with E-state index in [1.165, 1.54) is 38.4 Å². The van der Waals surface area contributed by atoms with Gasteiger partial charge in [-0.1, -0.05) is 32.8 Å². The van der Waals surface area contributed by atoms with Crippen molar-refractivity contribution in [3.8, 4) is 0 Å². The first-order chi connectivity index (χ1) is 14.5. The van der Waals surface area contributed by atoms with Gasteiger partial charge in [-0.2, -0.15) is 0 Å². The molecule has 2 N–H and O–H groups in total. The molecule has 2 aliphatic rings. The monoisotopic (exact) mass is 412 g/mol. The highest BCUT2D eigenvalue weighted by atomic mass is 16.5. The van der Waals surface area contributed by atoms with E-state index in [4.69, 9.17) is 9.72 Å². The van der Waals surface area contributed by atoms with Crippen molar-refractivity contribution in [2.75, 3.05) is 13.7 Å². The summed E-state index contributed by atoms with van der Waals surface area (Å²) in [5.74, 6) is 1.37. The van der Waals surface area contributed by atoms with Crippen molar-refractivity contribution in [3.05, 3.63) is 29.6 Å². The second-order valence-electron chi connectivity index (χ2n) is 8.93. The summed E-state index contributed by atoms with van der Waals surface area (Å²) in [6.45, 7) is 4.52. The average Bonchev–Trinajstić information content (AvgIpc) is 3.49. The van der Waals surface area contributed by atoms with Crippen LogP contribution in [0.2, 0.25) is 0 Å². The van der Waals surface area contributed by atoms with Crippen molar-refractivity contribution in [2.24, 2.45) is 5.92 Å². The predicted octanol–water partition coefficient (Wildman–Crippen LogP) is 4.26. The number of alkyl carbamates (subject to hydrolysis) is 1. The van der Waals surface area contributed by atoms with Crippen molar-refractivity contribution in [1.82, 2.24) is 20.2 Å². The molecule has 2 fully saturated rings. The lowest BCUT2D eigenvalue weighted by Gasteiger charge is -2.29. The Hall–Kier alpha value is -2.57. The molecule has 1 aromatic carbocycles. The zero-order valence-corrected chi connectivity index (χ0v) is 18.1. The summed E-state index contributed by atoms with van der Waals surface area (Å²) in [6, 6.07) is 5.82. The van der Waals surface area contributed by atoms with Crippen LogP contribution in [0.3, 0.4) is 0 Å². The van der Waals surface area contributed by atoms with Crippen LogP contribution in [0.15, 0.2) is 18.2 Å². The number of rotatable bonds is 5. The molecular weight excluding hydrogens is 380 g/mol. The standard InChI is InChI=1S/C23H32N4O3/c1-14(2)20(26-23(29)30-3)22(28)27-12-6-9-19(27)21-24-17-11-10-16(13-18(17)25-21)15-7-4-5-8-15/h10-11,13-15,19-20H,4-9,12H2,1-3H3,(H,24,25)(H,26,29). The molecule has 2 aromatic rings. The third-order valence-electron chi connectivity index (χ3n) is 6.59. The minimum Gasteiger partial charge on any atom is -0.453 e. The second kappa shape index (κ2) is 8.66. The minimum absolute atomic E-state index is 0.0394. The SMILES string of the molecule is COC(=O)NC(C(=O)N1CCCC1c1nc2ccc(C3CCCC3)cc2[nH]1)C(C)C. The van der Waals surface area contributed by atoms with Crippen LogP contribution in [0.25, 0.3) is 11.0 Å². The van der Waals surface area contributed by atoms with E-state index in [-0.39, 0.29) is 17.9 Å². The molecule has 1 aromatic heterocycles. The van der Waals surface area contributed by atoms with Crippen LogP contribution in [-0.2, 0) is 9.53 Å². The van der Waals surface area contributed by atoms with E-state index in [1.54, 1.807) is 0 Å². The van der Waals surface area contributed by atoms with Gasteiger partial charge in [0.05, 0.1) is 24.2 Å². The number of H-pyrrole nitrogens is 1. The number of hydrogen-bond acceptors (Lipinski definition) is 4. The summed E-state index contributed by atoms with van der Waals surface area (Å²) in [6.07, 6.45) is 6.36. The first-order valence-corrected chi connectivity index (χ1v) is 11.1. The van der Waals surface area contributed by atoms with E-state index in [0.717, 1.165) is 29.7 Å². The molecule has 30 heavy (non-hydrogen) atoms. The first kappa shape index (κ1) is 20.7. The molecule has 1 aliphatic heterocycles. The number of amides is 2. The fraction of sp³-hybridized carbons (Fsp3) is 0.609. The number of aromatic nitrogens is 2. The lowest BCUT2D eigenvalue weighted by molar-refractivity contribution is -0.135. The number of aromatic amines is 1. The number of nitrogens with zero attached hydrogens (tertiary/aromatic N) is 2. The van der Waals surface area contributed by atoms with Crippen molar-refractivity contribution in [3.63, 3.8) is 0 Å². The van der Waals surface area contributed by atoms with Gasteiger partial charge >= 0.3 is 6.09 Å². The Balaban J connectivity index is 1.57. The molecular formula is C23H32N4O3. The summed E-state index contributed by atoms with van der Waals surface area (Å²) in [7, 11) is 1.31. The second-order valence-corrected chi connectivity index (χ2v) is 8.93. The Morgan fingerprint density at radius 1 is 1.20 bits per heavy atom. The Kier molecular flexibility index (Phi) is 5.97. The number of fused-ring (bicyclic) bond motifs is 1. The number of hydrogen-bond donors (Lipinski definition) is 2. The summed E-state index contributed by atoms with van der Waals surface area (Å²) < 4.78 is 4.71. The van der Waals surface area contributed by atoms with E-state index in [0.29, 0.717) is 12.5 Å². The van der Waals surface area contributed by atoms with Crippen molar-refractivity contribution < 1.29 is 14.3 Å². The van der Waals surface area contributed by atoms with Crippen LogP contribution in [0, 0.1) is 5.92 Å². The van der Waals surface area contributed by atoms with Crippen molar-refractivity contribution >= 4 is 23.0 Å². The molecule has 4 rings (SSSR count). The van der Waals surface area contributed by atoms with Gasteiger partial charge in [-0.3, -0.25) is 4.79 Å². The van der Waals surface area contributed by atoms with E-state index >= 15 is 0 Å². The number of imidazole rings is 1. The molecule has 0 spiro atoms. The van der Waals surface area contributed by atoms with E-state index in [2.05, 4.69) is 28.5 Å². The highest BCUT2D eigenvalue weighted by Crippen LogP contribution is 2.36. The van der Waals surface area contributed by atoms with Gasteiger partial charge in [0.1, 0.15) is 11.9 Å². The van der Waals surface area contributed by atoms with Crippen LogP contribution < -0.4 is 5.32 Å². The maximum atomic E-state index is 13.3. The number of nitrogens with one attached hydrogen (secondary N) is 2. The van der Waals surface area contributed by atoms with Crippen LogP contribution in [-0.4, -0.2) is 46.6 Å². The van der Waals surface area contributed by atoms with E-state index in [9.17, 15) is 9.59 Å². The Morgan fingerprint density at radius 2 is 1.97 bits per heavy atom. The molecule has 2 amide bonds. The average molecular weight is 413 g/mol. The van der Waals surface area contributed by atoms with Crippen LogP contribution in [0.5, 0.6) is 0 Å². The molecule has 1 aliphatic carbocycles. The van der Waals surface area contributed by atoms with E-state index in [1.807, 2.05) is 18.7 Å². The predicted molar refractivity (Wildman–Crippen MR) is 115 cm³/mol. The van der Waals surface area contributed by atoms with Crippen molar-refractivity contribution in [1.29, 1.82) is 0 Å². The molecule has 2 heterocycles. The molecule has 2 atom stereocenters. The largest absolute Gasteiger partial charge is 0.453 e. The third kappa shape index (κ3) is 4.02. The van der Waals surface area contributed by atoms with Gasteiger partial charge in [0.15, 0.2) is 0 Å². The molecule has 1 saturated heterocycles. The van der Waals surface area contributed by atoms with Gasteiger partial charge in [-0.25, -0.2) is 9.78 Å². The highest BCUT2D eigenvalue weighted by Gasteiger charge is 2.37. The molecule has 0 radical (unpaired) electrons. The summed E-state index contributed by atoms with van der Waals surface area (Å²) >= 11 is 0. The Bertz CT molecular complexity index is 916. The van der Waals surface area contributed by atoms with Gasteiger partial charge in [0, 0.05) is 6.54 Å². The van der Waals surface area contributed by atoms with Gasteiger partial charge in [-0.15, -0.1) is 0 Å². The fourth-order valence-corrected chi connectivity index (χ4v) is 4.91. The zero-order valence-electron chi connectivity index (χ0n) is 18.1. The quantitative estimate of drug-likeness (QED) is 0.768. The van der Waals surface area contributed by atoms with E-state index < -0.39 is 12.1 Å². The normalized spacial score (nSPS) is 20.8. The Labute approximate surface area is 177 Å². The molecule has 1 saturated carbocycles. The number of ether oxygens (including phenoxy) is 1. The maximum Gasteiger partial charge on any atom is 0.407 e. The molecule has 162 valence electrons. The van der Waals surface area contributed by atoms with Crippen molar-refractivity contribution in [2.45, 2.75) is 70.4 Å².